The number of hydrogen-bond acceptors (Lipinski definition) is 5. The van der Waals surface area contributed by atoms with E-state index in [1.807, 2.05) is 12.1 Å². The molecule has 2 rings (SSSR count). The van der Waals surface area contributed by atoms with Crippen molar-refractivity contribution in [2.75, 3.05) is 32.6 Å². The number of nitrogens with one attached hydrogen (secondary N) is 1. The van der Waals surface area contributed by atoms with Gasteiger partial charge in [-0.2, -0.15) is 0 Å². The van der Waals surface area contributed by atoms with Crippen molar-refractivity contribution in [3.63, 3.8) is 0 Å². The van der Waals surface area contributed by atoms with Gasteiger partial charge in [-0.1, -0.05) is 0 Å². The van der Waals surface area contributed by atoms with Crippen LogP contribution in [0.1, 0.15) is 19.8 Å². The van der Waals surface area contributed by atoms with E-state index in [1.165, 1.54) is 6.92 Å². The number of amides is 1. The van der Waals surface area contributed by atoms with Crippen molar-refractivity contribution in [3.8, 4) is 11.5 Å². The lowest BCUT2D eigenvalue weighted by Crippen LogP contribution is -2.48. The molecular weight excluding hydrogens is 312 g/mol. The van der Waals surface area contributed by atoms with Gasteiger partial charge in [0.05, 0.1) is 14.2 Å². The minimum Gasteiger partial charge on any atom is -0.497 e. The molecule has 7 nitrogen and oxygen atoms in total. The molecule has 7 heteroatoms. The number of carboxylic acids is 1. The minimum absolute atomic E-state index is 0.0560. The van der Waals surface area contributed by atoms with E-state index in [0.717, 1.165) is 18.5 Å². The van der Waals surface area contributed by atoms with Gasteiger partial charge < -0.3 is 24.8 Å². The van der Waals surface area contributed by atoms with E-state index < -0.39 is 11.9 Å². The third-order valence-corrected chi connectivity index (χ3v) is 4.20. The topological polar surface area (TPSA) is 88.1 Å². The normalized spacial score (nSPS) is 18.6. The monoisotopic (exact) mass is 336 g/mol. The first-order chi connectivity index (χ1) is 11.4. The van der Waals surface area contributed by atoms with E-state index >= 15 is 0 Å². The number of hydrogen-bond donors (Lipinski definition) is 2. The van der Waals surface area contributed by atoms with Gasteiger partial charge in [0.2, 0.25) is 5.91 Å². The van der Waals surface area contributed by atoms with Crippen LogP contribution in [0.2, 0.25) is 0 Å². The Kier molecular flexibility index (Phi) is 5.89. The van der Waals surface area contributed by atoms with Crippen molar-refractivity contribution < 1.29 is 24.2 Å². The van der Waals surface area contributed by atoms with Crippen molar-refractivity contribution in [2.45, 2.75) is 25.8 Å². The molecule has 1 heterocycles. The van der Waals surface area contributed by atoms with Crippen molar-refractivity contribution in [2.24, 2.45) is 5.92 Å². The number of aliphatic carboxylic acids is 1. The van der Waals surface area contributed by atoms with Crippen LogP contribution in [0.4, 0.5) is 5.69 Å². The average Bonchev–Trinajstić information content (AvgIpc) is 2.60. The molecule has 1 saturated heterocycles. The molecule has 0 saturated carbocycles. The van der Waals surface area contributed by atoms with Gasteiger partial charge in [0.15, 0.2) is 0 Å². The number of carbonyl (C=O) groups is 2. The molecule has 24 heavy (non-hydrogen) atoms. The fraction of sp³-hybridized carbons (Fsp3) is 0.529. The number of benzene rings is 1. The molecule has 0 spiro atoms. The Labute approximate surface area is 141 Å². The summed E-state index contributed by atoms with van der Waals surface area (Å²) in [5.41, 5.74) is 0.844. The van der Waals surface area contributed by atoms with Gasteiger partial charge in [0.25, 0.3) is 0 Å². The number of piperidine rings is 1. The maximum Gasteiger partial charge on any atom is 0.315 e. The Morgan fingerprint density at radius 3 is 2.42 bits per heavy atom. The minimum atomic E-state index is -1.09. The summed E-state index contributed by atoms with van der Waals surface area (Å²) in [6, 6.07) is 5.57. The highest BCUT2D eigenvalue weighted by atomic mass is 16.5. The number of ether oxygens (including phenoxy) is 2. The van der Waals surface area contributed by atoms with Crippen molar-refractivity contribution in [1.82, 2.24) is 4.90 Å². The van der Waals surface area contributed by atoms with Crippen LogP contribution in [0.5, 0.6) is 11.5 Å². The van der Waals surface area contributed by atoms with Crippen molar-refractivity contribution in [3.05, 3.63) is 18.2 Å². The zero-order chi connectivity index (χ0) is 17.7. The van der Waals surface area contributed by atoms with Crippen molar-refractivity contribution in [1.29, 1.82) is 0 Å². The highest BCUT2D eigenvalue weighted by Crippen LogP contribution is 2.27. The SMILES string of the molecule is COc1cc(NC2CCCN(C(=O)C(C)C(=O)O)C2)cc(OC)c1. The first-order valence-corrected chi connectivity index (χ1v) is 7.95. The second-order valence-corrected chi connectivity index (χ2v) is 5.93. The predicted molar refractivity (Wildman–Crippen MR) is 89.6 cm³/mol. The molecule has 2 unspecified atom stereocenters. The van der Waals surface area contributed by atoms with Crippen LogP contribution in [-0.4, -0.2) is 55.2 Å². The molecule has 0 radical (unpaired) electrons. The fourth-order valence-electron chi connectivity index (χ4n) is 2.80. The molecule has 132 valence electrons. The number of nitrogens with zero attached hydrogens (tertiary/aromatic N) is 1. The molecule has 0 aromatic heterocycles. The molecule has 1 aliphatic rings. The van der Waals surface area contributed by atoms with E-state index in [4.69, 9.17) is 14.6 Å². The third-order valence-electron chi connectivity index (χ3n) is 4.20. The number of anilines is 1. The molecule has 1 aromatic rings. The lowest BCUT2D eigenvalue weighted by Gasteiger charge is -2.34. The summed E-state index contributed by atoms with van der Waals surface area (Å²) in [6.07, 6.45) is 1.74. The maximum atomic E-state index is 12.2. The van der Waals surface area contributed by atoms with Crippen LogP contribution in [0, 0.1) is 5.92 Å². The Balaban J connectivity index is 2.05. The van der Waals surface area contributed by atoms with Crippen LogP contribution in [0.25, 0.3) is 0 Å². The molecule has 1 amide bonds. The predicted octanol–water partition coefficient (Wildman–Crippen LogP) is 1.83. The summed E-state index contributed by atoms with van der Waals surface area (Å²) in [5, 5.41) is 12.4. The molecule has 2 atom stereocenters. The summed E-state index contributed by atoms with van der Waals surface area (Å²) in [7, 11) is 3.18. The Morgan fingerprint density at radius 2 is 1.88 bits per heavy atom. The molecule has 1 fully saturated rings. The number of carboxylic acid groups (broad SMARTS) is 1. The van der Waals surface area contributed by atoms with Crippen LogP contribution in [0.3, 0.4) is 0 Å². The van der Waals surface area contributed by atoms with Crippen LogP contribution in [-0.2, 0) is 9.59 Å². The van der Waals surface area contributed by atoms with Gasteiger partial charge in [-0.25, -0.2) is 0 Å². The summed E-state index contributed by atoms with van der Waals surface area (Å²) >= 11 is 0. The third kappa shape index (κ3) is 4.31. The molecule has 0 bridgehead atoms. The fourth-order valence-corrected chi connectivity index (χ4v) is 2.80. The Hall–Kier alpha value is -2.44. The number of carbonyl (C=O) groups excluding carboxylic acids is 1. The van der Waals surface area contributed by atoms with E-state index in [1.54, 1.807) is 25.2 Å². The average molecular weight is 336 g/mol. The molecule has 0 aliphatic carbocycles. The standard InChI is InChI=1S/C17H24N2O5/c1-11(17(21)22)16(20)19-6-4-5-12(10-19)18-13-7-14(23-2)9-15(8-13)24-3/h7-9,11-12,18H,4-6,10H2,1-3H3,(H,21,22). The second-order valence-electron chi connectivity index (χ2n) is 5.93. The van der Waals surface area contributed by atoms with Crippen LogP contribution in [0.15, 0.2) is 18.2 Å². The quantitative estimate of drug-likeness (QED) is 0.771. The van der Waals surface area contributed by atoms with Gasteiger partial charge in [0, 0.05) is 43.0 Å². The zero-order valence-corrected chi connectivity index (χ0v) is 14.2. The summed E-state index contributed by atoms with van der Waals surface area (Å²) < 4.78 is 10.5. The summed E-state index contributed by atoms with van der Waals surface area (Å²) in [6.45, 7) is 2.50. The number of methoxy groups -OCH3 is 2. The molecule has 2 N–H and O–H groups in total. The van der Waals surface area contributed by atoms with Gasteiger partial charge in [-0.3, -0.25) is 9.59 Å². The second kappa shape index (κ2) is 7.90. The van der Waals surface area contributed by atoms with E-state index in [9.17, 15) is 9.59 Å². The molecular formula is C17H24N2O5. The van der Waals surface area contributed by atoms with Gasteiger partial charge in [0.1, 0.15) is 17.4 Å². The summed E-state index contributed by atoms with van der Waals surface area (Å²) in [4.78, 5) is 24.8. The lowest BCUT2D eigenvalue weighted by atomic mass is 10.0. The first-order valence-electron chi connectivity index (χ1n) is 7.95. The van der Waals surface area contributed by atoms with Gasteiger partial charge in [-0.15, -0.1) is 0 Å². The van der Waals surface area contributed by atoms with Crippen LogP contribution >= 0.6 is 0 Å². The Bertz CT molecular complexity index is 582. The highest BCUT2D eigenvalue weighted by molar-refractivity contribution is 5.96. The van der Waals surface area contributed by atoms with Gasteiger partial charge in [-0.05, 0) is 19.8 Å². The number of likely N-dealkylation sites (tertiary alicyclic amines) is 1. The highest BCUT2D eigenvalue weighted by Gasteiger charge is 2.30. The number of rotatable bonds is 6. The first kappa shape index (κ1) is 17.9. The van der Waals surface area contributed by atoms with Gasteiger partial charge >= 0.3 is 5.97 Å². The molecule has 1 aromatic carbocycles. The lowest BCUT2D eigenvalue weighted by molar-refractivity contribution is -0.150. The summed E-state index contributed by atoms with van der Waals surface area (Å²) in [5.74, 6) is -1.08. The van der Waals surface area contributed by atoms with E-state index in [0.29, 0.717) is 24.6 Å². The zero-order valence-electron chi connectivity index (χ0n) is 14.2. The van der Waals surface area contributed by atoms with Crippen LogP contribution < -0.4 is 14.8 Å². The smallest absolute Gasteiger partial charge is 0.315 e. The van der Waals surface area contributed by atoms with E-state index in [-0.39, 0.29) is 11.9 Å². The Morgan fingerprint density at radius 1 is 1.25 bits per heavy atom. The van der Waals surface area contributed by atoms with E-state index in [2.05, 4.69) is 5.32 Å². The van der Waals surface area contributed by atoms with Crippen molar-refractivity contribution >= 4 is 17.6 Å². The largest absolute Gasteiger partial charge is 0.497 e. The molecule has 1 aliphatic heterocycles. The maximum absolute atomic E-state index is 12.2.